The van der Waals surface area contributed by atoms with Crippen LogP contribution < -0.4 is 0 Å². The summed E-state index contributed by atoms with van der Waals surface area (Å²) in [5.74, 6) is 0. The molecule has 78 valence electrons. The van der Waals surface area contributed by atoms with Crippen LogP contribution in [0.1, 0.15) is 26.5 Å². The zero-order chi connectivity index (χ0) is 10.9. The smallest absolute Gasteiger partial charge is 0.0995 e. The van der Waals surface area contributed by atoms with Crippen LogP contribution in [0, 0.1) is 0 Å². The molecule has 2 rings (SSSR count). The van der Waals surface area contributed by atoms with Crippen molar-refractivity contribution in [1.82, 2.24) is 9.97 Å². The first-order chi connectivity index (χ1) is 7.07. The Morgan fingerprint density at radius 1 is 1.13 bits per heavy atom. The van der Waals surface area contributed by atoms with Gasteiger partial charge in [-0.15, -0.1) is 11.3 Å². The van der Waals surface area contributed by atoms with Crippen LogP contribution in [-0.4, -0.2) is 9.97 Å². The summed E-state index contributed by atoms with van der Waals surface area (Å²) in [5.41, 5.74) is 4.95. The van der Waals surface area contributed by atoms with E-state index in [9.17, 15) is 0 Å². The zero-order valence-electron chi connectivity index (χ0n) is 9.19. The Labute approximate surface area is 94.0 Å². The molecule has 0 saturated heterocycles. The van der Waals surface area contributed by atoms with Gasteiger partial charge in [0.15, 0.2) is 0 Å². The summed E-state index contributed by atoms with van der Waals surface area (Å²) in [7, 11) is 0. The van der Waals surface area contributed by atoms with Crippen molar-refractivity contribution in [3.63, 3.8) is 0 Å². The molecule has 0 aromatic carbocycles. The summed E-state index contributed by atoms with van der Waals surface area (Å²) in [6.07, 6.45) is 0. The molecule has 0 unspecified atom stereocenters. The molecule has 15 heavy (non-hydrogen) atoms. The number of thiazole rings is 1. The standard InChI is InChI=1S/C12H14N2S/c1-12(2,3)11-6-4-5-9(14-11)10-7-15-8-13-10/h4-8H,1-3H3. The van der Waals surface area contributed by atoms with Crippen LogP contribution >= 0.6 is 11.3 Å². The van der Waals surface area contributed by atoms with E-state index in [1.807, 2.05) is 23.0 Å². The van der Waals surface area contributed by atoms with Crippen LogP contribution in [0.3, 0.4) is 0 Å². The van der Waals surface area contributed by atoms with Gasteiger partial charge in [-0.1, -0.05) is 26.8 Å². The van der Waals surface area contributed by atoms with Crippen molar-refractivity contribution >= 4 is 11.3 Å². The average molecular weight is 218 g/mol. The largest absolute Gasteiger partial charge is 0.251 e. The van der Waals surface area contributed by atoms with E-state index in [1.165, 1.54) is 0 Å². The van der Waals surface area contributed by atoms with E-state index in [0.717, 1.165) is 17.1 Å². The van der Waals surface area contributed by atoms with Crippen LogP contribution in [0.5, 0.6) is 0 Å². The number of pyridine rings is 1. The van der Waals surface area contributed by atoms with E-state index in [1.54, 1.807) is 11.3 Å². The summed E-state index contributed by atoms with van der Waals surface area (Å²) >= 11 is 1.60. The first-order valence-corrected chi connectivity index (χ1v) is 5.88. The fourth-order valence-corrected chi connectivity index (χ4v) is 1.88. The van der Waals surface area contributed by atoms with E-state index >= 15 is 0 Å². The molecule has 0 fully saturated rings. The van der Waals surface area contributed by atoms with Crippen LogP contribution in [0.2, 0.25) is 0 Å². The van der Waals surface area contributed by atoms with Gasteiger partial charge in [-0.25, -0.2) is 4.98 Å². The van der Waals surface area contributed by atoms with Gasteiger partial charge < -0.3 is 0 Å². The highest BCUT2D eigenvalue weighted by molar-refractivity contribution is 7.07. The van der Waals surface area contributed by atoms with Crippen molar-refractivity contribution in [3.05, 3.63) is 34.8 Å². The van der Waals surface area contributed by atoms with Crippen LogP contribution in [-0.2, 0) is 5.41 Å². The van der Waals surface area contributed by atoms with E-state index < -0.39 is 0 Å². The highest BCUT2D eigenvalue weighted by Crippen LogP contribution is 2.23. The second kappa shape index (κ2) is 3.74. The van der Waals surface area contributed by atoms with Gasteiger partial charge in [0, 0.05) is 16.5 Å². The van der Waals surface area contributed by atoms with E-state index in [2.05, 4.69) is 36.8 Å². The predicted octanol–water partition coefficient (Wildman–Crippen LogP) is 3.50. The van der Waals surface area contributed by atoms with Crippen molar-refractivity contribution < 1.29 is 0 Å². The third kappa shape index (κ3) is 2.23. The summed E-state index contributed by atoms with van der Waals surface area (Å²) in [4.78, 5) is 8.90. The first kappa shape index (κ1) is 10.3. The monoisotopic (exact) mass is 218 g/mol. The fraction of sp³-hybridized carbons (Fsp3) is 0.333. The highest BCUT2D eigenvalue weighted by Gasteiger charge is 2.15. The third-order valence-corrected chi connectivity index (χ3v) is 2.80. The fourth-order valence-electron chi connectivity index (χ4n) is 1.33. The third-order valence-electron chi connectivity index (χ3n) is 2.21. The number of rotatable bonds is 1. The van der Waals surface area contributed by atoms with E-state index in [4.69, 9.17) is 0 Å². The maximum Gasteiger partial charge on any atom is 0.0995 e. The lowest BCUT2D eigenvalue weighted by Crippen LogP contribution is -2.13. The molecule has 3 heteroatoms. The Bertz CT molecular complexity index is 441. The molecule has 0 atom stereocenters. The minimum absolute atomic E-state index is 0.0893. The molecule has 0 saturated carbocycles. The number of hydrogen-bond acceptors (Lipinski definition) is 3. The van der Waals surface area contributed by atoms with Gasteiger partial charge in [-0.3, -0.25) is 4.98 Å². The van der Waals surface area contributed by atoms with Gasteiger partial charge in [0.2, 0.25) is 0 Å². The first-order valence-electron chi connectivity index (χ1n) is 4.93. The van der Waals surface area contributed by atoms with Gasteiger partial charge in [-0.2, -0.15) is 0 Å². The second-order valence-electron chi connectivity index (χ2n) is 4.53. The van der Waals surface area contributed by atoms with Crippen molar-refractivity contribution in [2.45, 2.75) is 26.2 Å². The Hall–Kier alpha value is -1.22. The molecule has 0 amide bonds. The normalized spacial score (nSPS) is 11.7. The molecule has 2 nitrogen and oxygen atoms in total. The Kier molecular flexibility index (Phi) is 2.57. The molecule has 2 heterocycles. The highest BCUT2D eigenvalue weighted by atomic mass is 32.1. The van der Waals surface area contributed by atoms with Crippen molar-refractivity contribution in [1.29, 1.82) is 0 Å². The number of nitrogens with zero attached hydrogens (tertiary/aromatic N) is 2. The molecule has 0 aliphatic carbocycles. The molecule has 0 spiro atoms. The van der Waals surface area contributed by atoms with Crippen LogP contribution in [0.25, 0.3) is 11.4 Å². The molecule has 0 radical (unpaired) electrons. The topological polar surface area (TPSA) is 25.8 Å². The Morgan fingerprint density at radius 2 is 1.93 bits per heavy atom. The van der Waals surface area contributed by atoms with Gasteiger partial charge in [0.1, 0.15) is 0 Å². The van der Waals surface area contributed by atoms with Crippen LogP contribution in [0.4, 0.5) is 0 Å². The maximum absolute atomic E-state index is 4.63. The molecule has 0 N–H and O–H groups in total. The average Bonchev–Trinajstić information content (AvgIpc) is 2.69. The van der Waals surface area contributed by atoms with Crippen molar-refractivity contribution in [3.8, 4) is 11.4 Å². The Morgan fingerprint density at radius 3 is 2.53 bits per heavy atom. The van der Waals surface area contributed by atoms with Crippen LogP contribution in [0.15, 0.2) is 29.1 Å². The van der Waals surface area contributed by atoms with Crippen molar-refractivity contribution in [2.75, 3.05) is 0 Å². The minimum atomic E-state index is 0.0893. The Balaban J connectivity index is 2.44. The second-order valence-corrected chi connectivity index (χ2v) is 5.25. The minimum Gasteiger partial charge on any atom is -0.251 e. The SMILES string of the molecule is CC(C)(C)c1cccc(-c2cscn2)n1. The predicted molar refractivity (Wildman–Crippen MR) is 64.0 cm³/mol. The number of aromatic nitrogens is 2. The van der Waals surface area contributed by atoms with Gasteiger partial charge in [0.05, 0.1) is 16.9 Å². The lowest BCUT2D eigenvalue weighted by molar-refractivity contribution is 0.569. The maximum atomic E-state index is 4.63. The van der Waals surface area contributed by atoms with Gasteiger partial charge in [-0.05, 0) is 12.1 Å². The lowest BCUT2D eigenvalue weighted by atomic mass is 9.91. The lowest BCUT2D eigenvalue weighted by Gasteiger charge is -2.17. The molecular formula is C12H14N2S. The summed E-state index contributed by atoms with van der Waals surface area (Å²) in [6.45, 7) is 6.50. The van der Waals surface area contributed by atoms with Gasteiger partial charge >= 0.3 is 0 Å². The molecule has 0 bridgehead atoms. The zero-order valence-corrected chi connectivity index (χ0v) is 10.0. The quantitative estimate of drug-likeness (QED) is 0.732. The summed E-state index contributed by atoms with van der Waals surface area (Å²) in [6, 6.07) is 6.11. The molecule has 2 aromatic rings. The van der Waals surface area contributed by atoms with Crippen molar-refractivity contribution in [2.24, 2.45) is 0 Å². The molecule has 2 aromatic heterocycles. The van der Waals surface area contributed by atoms with E-state index in [-0.39, 0.29) is 5.41 Å². The van der Waals surface area contributed by atoms with Gasteiger partial charge in [0.25, 0.3) is 0 Å². The number of hydrogen-bond donors (Lipinski definition) is 0. The summed E-state index contributed by atoms with van der Waals surface area (Å²) in [5, 5.41) is 2.02. The summed E-state index contributed by atoms with van der Waals surface area (Å²) < 4.78 is 0. The molecule has 0 aliphatic heterocycles. The molecule has 0 aliphatic rings. The van der Waals surface area contributed by atoms with E-state index in [0.29, 0.717) is 0 Å². The molecular weight excluding hydrogens is 204 g/mol.